The molecule has 4 N–H and O–H groups in total. The first-order valence-corrected chi connectivity index (χ1v) is 15.1. The van der Waals surface area contributed by atoms with Gasteiger partial charge < -0.3 is 63.5 Å². The van der Waals surface area contributed by atoms with Crippen LogP contribution in [0.5, 0.6) is 0 Å². The Kier molecular flexibility index (Phi) is 32.5. The molecule has 264 valence electrons. The molecule has 17 nitrogen and oxygen atoms in total. The second-order valence-corrected chi connectivity index (χ2v) is 9.00. The lowest BCUT2D eigenvalue weighted by Gasteiger charge is -2.09. The Morgan fingerprint density at radius 1 is 0.333 bits per heavy atom. The molecule has 0 aliphatic carbocycles. The molecule has 0 spiro atoms. The van der Waals surface area contributed by atoms with Crippen LogP contribution in [0.4, 0.5) is 0 Å². The summed E-state index contributed by atoms with van der Waals surface area (Å²) in [6, 6.07) is 0. The summed E-state index contributed by atoms with van der Waals surface area (Å²) in [5, 5.41) is 22.4. The van der Waals surface area contributed by atoms with Gasteiger partial charge in [-0.2, -0.15) is 0 Å². The summed E-state index contributed by atoms with van der Waals surface area (Å²) >= 11 is 0. The SMILES string of the molecule is O=C(O)CCOCCOCCOCCNC(=O)CCOCCOCCOCCC(=O)NCCOCCOCCOCCC(=O)O. The number of carboxylic acids is 2. The van der Waals surface area contributed by atoms with Gasteiger partial charge in [-0.1, -0.05) is 0 Å². The molecule has 0 aliphatic heterocycles. The van der Waals surface area contributed by atoms with Crippen molar-refractivity contribution in [2.24, 2.45) is 0 Å². The quantitative estimate of drug-likeness (QED) is 0.0601. The first-order valence-electron chi connectivity index (χ1n) is 15.1. The first kappa shape index (κ1) is 42.5. The molecule has 2 amide bonds. The van der Waals surface area contributed by atoms with Crippen LogP contribution in [0.3, 0.4) is 0 Å². The van der Waals surface area contributed by atoms with E-state index in [9.17, 15) is 19.2 Å². The largest absolute Gasteiger partial charge is 0.481 e. The molecule has 0 radical (unpaired) electrons. The number of nitrogens with one attached hydrogen (secondary N) is 2. The van der Waals surface area contributed by atoms with Gasteiger partial charge in [0.2, 0.25) is 11.8 Å². The second-order valence-electron chi connectivity index (χ2n) is 9.00. The van der Waals surface area contributed by atoms with Crippen molar-refractivity contribution in [1.82, 2.24) is 10.6 Å². The van der Waals surface area contributed by atoms with Crippen molar-refractivity contribution in [2.45, 2.75) is 25.7 Å². The third-order valence-electron chi connectivity index (χ3n) is 5.24. The van der Waals surface area contributed by atoms with E-state index in [1.165, 1.54) is 0 Å². The van der Waals surface area contributed by atoms with Crippen molar-refractivity contribution >= 4 is 23.8 Å². The van der Waals surface area contributed by atoms with Gasteiger partial charge in [0.1, 0.15) is 0 Å². The van der Waals surface area contributed by atoms with E-state index in [-0.39, 0.29) is 63.9 Å². The molecule has 0 rings (SSSR count). The molecule has 45 heavy (non-hydrogen) atoms. The molecule has 0 aromatic heterocycles. The minimum absolute atomic E-state index is 0.0313. The number of aliphatic carboxylic acids is 2. The Labute approximate surface area is 264 Å². The van der Waals surface area contributed by atoms with Crippen molar-refractivity contribution in [3.05, 3.63) is 0 Å². The van der Waals surface area contributed by atoms with Crippen molar-refractivity contribution in [2.75, 3.05) is 132 Å². The normalized spacial score (nSPS) is 11.0. The van der Waals surface area contributed by atoms with Gasteiger partial charge in [0.15, 0.2) is 0 Å². The Morgan fingerprint density at radius 2 is 0.556 bits per heavy atom. The van der Waals surface area contributed by atoms with E-state index < -0.39 is 11.9 Å². The summed E-state index contributed by atoms with van der Waals surface area (Å²) in [6.07, 6.45) is 0.393. The zero-order valence-electron chi connectivity index (χ0n) is 26.2. The highest BCUT2D eigenvalue weighted by molar-refractivity contribution is 5.76. The van der Waals surface area contributed by atoms with Crippen LogP contribution in [-0.2, 0) is 61.8 Å². The van der Waals surface area contributed by atoms with Crippen LogP contribution >= 0.6 is 0 Å². The summed E-state index contributed by atoms with van der Waals surface area (Å²) in [5.74, 6) is -2.08. The summed E-state index contributed by atoms with van der Waals surface area (Å²) in [6.45, 7) is 6.64. The molecule has 0 saturated heterocycles. The lowest BCUT2D eigenvalue weighted by atomic mass is 10.4. The van der Waals surface area contributed by atoms with Crippen LogP contribution in [0.25, 0.3) is 0 Å². The Hall–Kier alpha value is -2.48. The molecule has 17 heteroatoms. The highest BCUT2D eigenvalue weighted by Crippen LogP contribution is 1.89. The number of carbonyl (C=O) groups excluding carboxylic acids is 2. The molecule has 0 aliphatic rings. The fourth-order valence-electron chi connectivity index (χ4n) is 2.98. The predicted molar refractivity (Wildman–Crippen MR) is 157 cm³/mol. The van der Waals surface area contributed by atoms with Crippen LogP contribution < -0.4 is 10.6 Å². The zero-order chi connectivity index (χ0) is 33.1. The van der Waals surface area contributed by atoms with Crippen LogP contribution in [0.1, 0.15) is 25.7 Å². The molecule has 0 aromatic carbocycles. The third-order valence-corrected chi connectivity index (χ3v) is 5.24. The number of hydrogen-bond acceptors (Lipinski definition) is 13. The van der Waals surface area contributed by atoms with E-state index in [0.29, 0.717) is 106 Å². The number of carbonyl (C=O) groups is 4. The van der Waals surface area contributed by atoms with Crippen LogP contribution in [-0.4, -0.2) is 166 Å². The third kappa shape index (κ3) is 37.6. The van der Waals surface area contributed by atoms with Gasteiger partial charge >= 0.3 is 11.9 Å². The van der Waals surface area contributed by atoms with Crippen molar-refractivity contribution in [3.8, 4) is 0 Å². The maximum Gasteiger partial charge on any atom is 0.305 e. The number of ether oxygens (including phenoxy) is 9. The van der Waals surface area contributed by atoms with Gasteiger partial charge in [0.05, 0.1) is 132 Å². The molecule has 0 heterocycles. The molecule has 0 aromatic rings. The van der Waals surface area contributed by atoms with Gasteiger partial charge in [-0.15, -0.1) is 0 Å². The number of carboxylic acid groups (broad SMARTS) is 2. The fourth-order valence-corrected chi connectivity index (χ4v) is 2.98. The maximum absolute atomic E-state index is 11.8. The van der Waals surface area contributed by atoms with E-state index in [1.54, 1.807) is 0 Å². The van der Waals surface area contributed by atoms with Crippen LogP contribution in [0.15, 0.2) is 0 Å². The first-order chi connectivity index (χ1) is 21.9. The van der Waals surface area contributed by atoms with Crippen molar-refractivity contribution in [1.29, 1.82) is 0 Å². The molecular weight excluding hydrogens is 604 g/mol. The average molecular weight is 657 g/mol. The summed E-state index contributed by atoms with van der Waals surface area (Å²) in [5.41, 5.74) is 0. The monoisotopic (exact) mass is 656 g/mol. The smallest absolute Gasteiger partial charge is 0.305 e. The number of amides is 2. The van der Waals surface area contributed by atoms with Crippen LogP contribution in [0, 0.1) is 0 Å². The van der Waals surface area contributed by atoms with Gasteiger partial charge in [-0.05, 0) is 0 Å². The highest BCUT2D eigenvalue weighted by atomic mass is 16.6. The van der Waals surface area contributed by atoms with Gasteiger partial charge in [-0.25, -0.2) is 0 Å². The van der Waals surface area contributed by atoms with E-state index in [0.717, 1.165) is 0 Å². The average Bonchev–Trinajstić information content (AvgIpc) is 3.00. The molecular formula is C28H52N2O15. The highest BCUT2D eigenvalue weighted by Gasteiger charge is 2.03. The summed E-state index contributed by atoms with van der Waals surface area (Å²) in [7, 11) is 0. The summed E-state index contributed by atoms with van der Waals surface area (Å²) < 4.78 is 47.6. The lowest BCUT2D eigenvalue weighted by Crippen LogP contribution is -2.28. The zero-order valence-corrected chi connectivity index (χ0v) is 26.2. The molecule has 0 fully saturated rings. The standard InChI is InChI=1S/C28H52N2O15/c31-25(29-5-11-41-17-23-44-21-15-39-9-3-27(33)34)1-7-37-13-19-43-20-14-38-8-2-26(32)30-6-12-42-18-24-45-22-16-40-10-4-28(35)36/h1-24H2,(H,29,31)(H,30,32)(H,33,34)(H,35,36). The van der Waals surface area contributed by atoms with Gasteiger partial charge in [-0.3, -0.25) is 19.2 Å². The number of rotatable bonds is 36. The maximum atomic E-state index is 11.8. The molecule has 0 atom stereocenters. The van der Waals surface area contributed by atoms with Crippen molar-refractivity contribution < 1.29 is 72.0 Å². The van der Waals surface area contributed by atoms with Gasteiger partial charge in [0.25, 0.3) is 0 Å². The Balaban J connectivity index is 3.25. The predicted octanol–water partition coefficient (Wildman–Crippen LogP) is -0.902. The fraction of sp³-hybridized carbons (Fsp3) is 0.857. The Bertz CT molecular complexity index is 672. The van der Waals surface area contributed by atoms with Crippen LogP contribution in [0.2, 0.25) is 0 Å². The number of hydrogen-bond donors (Lipinski definition) is 4. The van der Waals surface area contributed by atoms with E-state index in [2.05, 4.69) is 10.6 Å². The Morgan fingerprint density at radius 3 is 0.822 bits per heavy atom. The molecule has 0 saturated carbocycles. The van der Waals surface area contributed by atoms with Gasteiger partial charge in [0, 0.05) is 25.9 Å². The van der Waals surface area contributed by atoms with E-state index in [4.69, 9.17) is 52.8 Å². The summed E-state index contributed by atoms with van der Waals surface area (Å²) in [4.78, 5) is 44.2. The van der Waals surface area contributed by atoms with Crippen molar-refractivity contribution in [3.63, 3.8) is 0 Å². The van der Waals surface area contributed by atoms with E-state index >= 15 is 0 Å². The minimum atomic E-state index is -0.899. The van der Waals surface area contributed by atoms with E-state index in [1.807, 2.05) is 0 Å². The minimum Gasteiger partial charge on any atom is -0.481 e. The lowest BCUT2D eigenvalue weighted by molar-refractivity contribution is -0.139. The molecule has 0 bridgehead atoms. The molecule has 0 unspecified atom stereocenters. The topological polar surface area (TPSA) is 216 Å². The second kappa shape index (κ2) is 34.4.